The number of carbonyl (C=O) groups excluding carboxylic acids is 2. The number of carbonyl (C=O) groups is 2. The van der Waals surface area contributed by atoms with E-state index in [1.165, 1.54) is 11.6 Å². The van der Waals surface area contributed by atoms with Crippen LogP contribution in [0.4, 0.5) is 5.69 Å². The number of likely N-dealkylation sites (tertiary alicyclic amines) is 1. The van der Waals surface area contributed by atoms with Crippen molar-refractivity contribution in [3.8, 4) is 0 Å². The molecule has 1 fully saturated rings. The number of hydrogen-bond acceptors (Lipinski definition) is 2. The Bertz CT molecular complexity index is 788. The molecule has 0 bridgehead atoms. The van der Waals surface area contributed by atoms with Crippen molar-refractivity contribution in [1.82, 2.24) is 4.90 Å². The van der Waals surface area contributed by atoms with Gasteiger partial charge < -0.3 is 10.2 Å². The molecule has 26 heavy (non-hydrogen) atoms. The van der Waals surface area contributed by atoms with Gasteiger partial charge in [-0.05, 0) is 48.9 Å². The first-order valence-electron chi connectivity index (χ1n) is 8.62. The third-order valence-electron chi connectivity index (χ3n) is 4.64. The van der Waals surface area contributed by atoms with Crippen LogP contribution in [0.2, 0.25) is 10.0 Å². The molecule has 0 unspecified atom stereocenters. The average molecular weight is 391 g/mol. The summed E-state index contributed by atoms with van der Waals surface area (Å²) < 4.78 is 0. The maximum atomic E-state index is 12.4. The van der Waals surface area contributed by atoms with Gasteiger partial charge in [-0.1, -0.05) is 53.5 Å². The lowest BCUT2D eigenvalue weighted by molar-refractivity contribution is -0.144. The third-order valence-corrected chi connectivity index (χ3v) is 5.38. The van der Waals surface area contributed by atoms with Crippen molar-refractivity contribution in [3.05, 3.63) is 64.1 Å². The van der Waals surface area contributed by atoms with Gasteiger partial charge in [-0.15, -0.1) is 0 Å². The van der Waals surface area contributed by atoms with Gasteiger partial charge in [-0.2, -0.15) is 0 Å². The van der Waals surface area contributed by atoms with Crippen LogP contribution in [0.3, 0.4) is 0 Å². The van der Waals surface area contributed by atoms with Crippen molar-refractivity contribution < 1.29 is 9.59 Å². The number of amides is 2. The minimum absolute atomic E-state index is 0.332. The van der Waals surface area contributed by atoms with Crippen LogP contribution in [-0.2, 0) is 16.0 Å². The molecule has 1 aliphatic rings. The van der Waals surface area contributed by atoms with E-state index in [9.17, 15) is 9.59 Å². The highest BCUT2D eigenvalue weighted by Gasteiger charge is 2.27. The van der Waals surface area contributed by atoms with E-state index in [1.807, 2.05) is 18.2 Å². The lowest BCUT2D eigenvalue weighted by atomic mass is 9.90. The average Bonchev–Trinajstić information content (AvgIpc) is 2.65. The summed E-state index contributed by atoms with van der Waals surface area (Å²) in [5, 5.41) is 3.32. The second-order valence-electron chi connectivity index (χ2n) is 6.51. The number of piperidine rings is 1. The van der Waals surface area contributed by atoms with Crippen LogP contribution in [0.25, 0.3) is 0 Å². The Kier molecular flexibility index (Phi) is 6.17. The van der Waals surface area contributed by atoms with Gasteiger partial charge in [-0.25, -0.2) is 0 Å². The van der Waals surface area contributed by atoms with Crippen LogP contribution in [0.5, 0.6) is 0 Å². The zero-order valence-electron chi connectivity index (χ0n) is 14.3. The number of nitrogens with one attached hydrogen (secondary N) is 1. The number of nitrogens with zero attached hydrogens (tertiary/aromatic N) is 1. The first kappa shape index (κ1) is 18.7. The third kappa shape index (κ3) is 4.77. The lowest BCUT2D eigenvalue weighted by Crippen LogP contribution is -2.44. The van der Waals surface area contributed by atoms with Gasteiger partial charge >= 0.3 is 11.8 Å². The summed E-state index contributed by atoms with van der Waals surface area (Å²) in [7, 11) is 0. The Morgan fingerprint density at radius 2 is 1.69 bits per heavy atom. The van der Waals surface area contributed by atoms with Crippen molar-refractivity contribution in [2.24, 2.45) is 5.92 Å². The molecule has 1 saturated heterocycles. The highest BCUT2D eigenvalue weighted by atomic mass is 35.5. The molecule has 2 aromatic carbocycles. The van der Waals surface area contributed by atoms with E-state index in [-0.39, 0.29) is 0 Å². The fourth-order valence-corrected chi connectivity index (χ4v) is 3.49. The molecule has 0 saturated carbocycles. The number of halogens is 2. The van der Waals surface area contributed by atoms with E-state index in [0.717, 1.165) is 19.3 Å². The summed E-state index contributed by atoms with van der Waals surface area (Å²) in [4.78, 5) is 26.2. The molecule has 0 radical (unpaired) electrons. The van der Waals surface area contributed by atoms with Crippen LogP contribution in [0.1, 0.15) is 18.4 Å². The van der Waals surface area contributed by atoms with Gasteiger partial charge in [-0.3, -0.25) is 9.59 Å². The van der Waals surface area contributed by atoms with Gasteiger partial charge in [0.2, 0.25) is 0 Å². The molecule has 1 aliphatic heterocycles. The van der Waals surface area contributed by atoms with Gasteiger partial charge in [0.05, 0.1) is 10.0 Å². The highest BCUT2D eigenvalue weighted by molar-refractivity contribution is 6.42. The van der Waals surface area contributed by atoms with Gasteiger partial charge in [0, 0.05) is 18.8 Å². The van der Waals surface area contributed by atoms with Crippen LogP contribution >= 0.6 is 23.2 Å². The molecular formula is C20H20Cl2N2O2. The molecule has 0 atom stereocenters. The molecule has 1 heterocycles. The number of hydrogen-bond donors (Lipinski definition) is 1. The van der Waals surface area contributed by atoms with Gasteiger partial charge in [0.25, 0.3) is 0 Å². The Morgan fingerprint density at radius 1 is 1.00 bits per heavy atom. The summed E-state index contributed by atoms with van der Waals surface area (Å²) >= 11 is 11.8. The smallest absolute Gasteiger partial charge is 0.313 e. The summed E-state index contributed by atoms with van der Waals surface area (Å²) in [6.45, 7) is 1.20. The molecule has 2 amide bonds. The van der Waals surface area contributed by atoms with E-state index in [1.54, 1.807) is 17.0 Å². The molecule has 2 aromatic rings. The Balaban J connectivity index is 1.51. The van der Waals surface area contributed by atoms with Crippen molar-refractivity contribution in [2.75, 3.05) is 18.4 Å². The topological polar surface area (TPSA) is 49.4 Å². The van der Waals surface area contributed by atoms with E-state index in [0.29, 0.717) is 34.7 Å². The van der Waals surface area contributed by atoms with Crippen LogP contribution in [0, 0.1) is 5.92 Å². The van der Waals surface area contributed by atoms with Crippen LogP contribution in [-0.4, -0.2) is 29.8 Å². The molecule has 0 aliphatic carbocycles. The van der Waals surface area contributed by atoms with Crippen molar-refractivity contribution in [1.29, 1.82) is 0 Å². The lowest BCUT2D eigenvalue weighted by Gasteiger charge is -2.31. The Labute approximate surface area is 163 Å². The maximum absolute atomic E-state index is 12.4. The highest BCUT2D eigenvalue weighted by Crippen LogP contribution is 2.25. The van der Waals surface area contributed by atoms with E-state index < -0.39 is 11.8 Å². The SMILES string of the molecule is O=C(Nc1ccc(Cl)c(Cl)c1)C(=O)N1CCC(Cc2ccccc2)CC1. The quantitative estimate of drug-likeness (QED) is 0.788. The van der Waals surface area contributed by atoms with Crippen molar-refractivity contribution in [2.45, 2.75) is 19.3 Å². The molecule has 136 valence electrons. The van der Waals surface area contributed by atoms with Gasteiger partial charge in [0.15, 0.2) is 0 Å². The number of rotatable bonds is 3. The van der Waals surface area contributed by atoms with E-state index >= 15 is 0 Å². The fourth-order valence-electron chi connectivity index (χ4n) is 3.19. The van der Waals surface area contributed by atoms with Crippen LogP contribution in [0.15, 0.2) is 48.5 Å². The Morgan fingerprint density at radius 3 is 2.35 bits per heavy atom. The summed E-state index contributed by atoms with van der Waals surface area (Å²) in [6, 6.07) is 15.1. The number of anilines is 1. The molecule has 0 spiro atoms. The largest absolute Gasteiger partial charge is 0.334 e. The molecular weight excluding hydrogens is 371 g/mol. The first-order chi connectivity index (χ1) is 12.5. The second kappa shape index (κ2) is 8.56. The van der Waals surface area contributed by atoms with E-state index in [4.69, 9.17) is 23.2 Å². The zero-order valence-corrected chi connectivity index (χ0v) is 15.8. The summed E-state index contributed by atoms with van der Waals surface area (Å²) in [5.41, 5.74) is 1.77. The molecule has 1 N–H and O–H groups in total. The monoisotopic (exact) mass is 390 g/mol. The molecule has 6 heteroatoms. The predicted octanol–water partition coefficient (Wildman–Crippen LogP) is 4.41. The fraction of sp³-hybridized carbons (Fsp3) is 0.300. The molecule has 0 aromatic heterocycles. The van der Waals surface area contributed by atoms with Crippen molar-refractivity contribution >= 4 is 40.7 Å². The number of benzene rings is 2. The molecule has 3 rings (SSSR count). The predicted molar refractivity (Wildman–Crippen MR) is 105 cm³/mol. The maximum Gasteiger partial charge on any atom is 0.313 e. The zero-order chi connectivity index (χ0) is 18.5. The first-order valence-corrected chi connectivity index (χ1v) is 9.38. The normalized spacial score (nSPS) is 14.9. The Hall–Kier alpha value is -2.04. The summed E-state index contributed by atoms with van der Waals surface area (Å²) in [5.74, 6) is -0.612. The van der Waals surface area contributed by atoms with Crippen LogP contribution < -0.4 is 5.32 Å². The minimum atomic E-state index is -0.648. The molecule has 4 nitrogen and oxygen atoms in total. The van der Waals surface area contributed by atoms with Crippen molar-refractivity contribution in [3.63, 3.8) is 0 Å². The minimum Gasteiger partial charge on any atom is -0.334 e. The summed E-state index contributed by atoms with van der Waals surface area (Å²) in [6.07, 6.45) is 2.82. The van der Waals surface area contributed by atoms with Gasteiger partial charge in [0.1, 0.15) is 0 Å². The second-order valence-corrected chi connectivity index (χ2v) is 7.32. The standard InChI is InChI=1S/C20H20Cl2N2O2/c21-17-7-6-16(13-18(17)22)23-19(25)20(26)24-10-8-15(9-11-24)12-14-4-2-1-3-5-14/h1-7,13,15H,8-12H2,(H,23,25). The van der Waals surface area contributed by atoms with E-state index in [2.05, 4.69) is 17.4 Å².